The van der Waals surface area contributed by atoms with Gasteiger partial charge >= 0.3 is 6.03 Å². The number of hydrogen-bond donors (Lipinski definition) is 1. The van der Waals surface area contributed by atoms with Gasteiger partial charge in [0, 0.05) is 19.6 Å². The fraction of sp³-hybridized carbons (Fsp3) is 0.900. The van der Waals surface area contributed by atoms with Crippen LogP contribution < -0.4 is 5.32 Å². The van der Waals surface area contributed by atoms with Crippen LogP contribution in [-0.4, -0.2) is 63.7 Å². The molecule has 2 heterocycles. The number of hydrogen-bond acceptors (Lipinski definition) is 4. The van der Waals surface area contributed by atoms with Gasteiger partial charge in [0.1, 0.15) is 0 Å². The normalized spacial score (nSPS) is 28.0. The molecule has 7 heteroatoms. The van der Waals surface area contributed by atoms with Crippen LogP contribution in [0.15, 0.2) is 0 Å². The third-order valence-corrected chi connectivity index (χ3v) is 5.00. The second-order valence-corrected chi connectivity index (χ2v) is 6.78. The molecule has 1 atom stereocenters. The first-order valence-corrected chi connectivity index (χ1v) is 7.70. The van der Waals surface area contributed by atoms with E-state index in [1.165, 1.54) is 0 Å². The van der Waals surface area contributed by atoms with Gasteiger partial charge in [-0.3, -0.25) is 0 Å². The number of sulfone groups is 1. The highest BCUT2D eigenvalue weighted by atomic mass is 32.2. The Morgan fingerprint density at radius 1 is 1.35 bits per heavy atom. The lowest BCUT2D eigenvalue weighted by Gasteiger charge is -2.27. The smallest absolute Gasteiger partial charge is 0.317 e. The summed E-state index contributed by atoms with van der Waals surface area (Å²) >= 11 is 0. The zero-order valence-electron chi connectivity index (χ0n) is 9.72. The van der Waals surface area contributed by atoms with E-state index >= 15 is 0 Å². The van der Waals surface area contributed by atoms with Crippen molar-refractivity contribution < 1.29 is 17.9 Å². The second-order valence-electron chi connectivity index (χ2n) is 4.55. The molecule has 0 spiro atoms. The average Bonchev–Trinajstić information content (AvgIpc) is 2.67. The zero-order valence-corrected chi connectivity index (χ0v) is 10.5. The number of nitrogens with one attached hydrogen (secondary N) is 1. The maximum absolute atomic E-state index is 11.7. The van der Waals surface area contributed by atoms with Crippen LogP contribution in [0.2, 0.25) is 0 Å². The van der Waals surface area contributed by atoms with Crippen LogP contribution in [0, 0.1) is 5.92 Å². The van der Waals surface area contributed by atoms with Crippen LogP contribution in [0.4, 0.5) is 4.79 Å². The van der Waals surface area contributed by atoms with E-state index in [-0.39, 0.29) is 23.5 Å². The molecule has 2 aliphatic rings. The fourth-order valence-electron chi connectivity index (χ4n) is 2.14. The lowest BCUT2D eigenvalue weighted by Crippen LogP contribution is -2.47. The van der Waals surface area contributed by atoms with E-state index in [4.69, 9.17) is 4.74 Å². The number of ether oxygens (including phenoxy) is 1. The van der Waals surface area contributed by atoms with Gasteiger partial charge in [0.2, 0.25) is 0 Å². The van der Waals surface area contributed by atoms with E-state index in [1.54, 1.807) is 4.90 Å². The van der Waals surface area contributed by atoms with Crippen molar-refractivity contribution in [2.75, 3.05) is 44.4 Å². The Bertz CT molecular complexity index is 376. The van der Waals surface area contributed by atoms with E-state index in [9.17, 15) is 13.2 Å². The van der Waals surface area contributed by atoms with E-state index in [1.807, 2.05) is 0 Å². The lowest BCUT2D eigenvalue weighted by atomic mass is 10.1. The first kappa shape index (κ1) is 12.6. The minimum atomic E-state index is -2.85. The van der Waals surface area contributed by atoms with Crippen molar-refractivity contribution in [3.05, 3.63) is 0 Å². The summed E-state index contributed by atoms with van der Waals surface area (Å²) in [7, 11) is -2.85. The van der Waals surface area contributed by atoms with Crippen molar-refractivity contribution in [2.45, 2.75) is 6.42 Å². The number of urea groups is 1. The highest BCUT2D eigenvalue weighted by Gasteiger charge is 2.28. The first-order chi connectivity index (χ1) is 8.07. The summed E-state index contributed by atoms with van der Waals surface area (Å²) < 4.78 is 27.6. The summed E-state index contributed by atoms with van der Waals surface area (Å²) in [4.78, 5) is 13.4. The number of amides is 2. The number of nitrogens with zero attached hydrogens (tertiary/aromatic N) is 1. The molecule has 2 rings (SSSR count). The quantitative estimate of drug-likeness (QED) is 0.725. The Kier molecular flexibility index (Phi) is 3.88. The molecule has 2 fully saturated rings. The summed E-state index contributed by atoms with van der Waals surface area (Å²) in [5.74, 6) is 0.534. The van der Waals surface area contributed by atoms with Gasteiger partial charge in [-0.1, -0.05) is 0 Å². The zero-order chi connectivity index (χ0) is 12.3. The molecule has 2 amide bonds. The molecule has 17 heavy (non-hydrogen) atoms. The lowest BCUT2D eigenvalue weighted by molar-refractivity contribution is 0.0530. The Balaban J connectivity index is 1.73. The van der Waals surface area contributed by atoms with Gasteiger partial charge in [-0.05, 0) is 12.3 Å². The van der Waals surface area contributed by atoms with Gasteiger partial charge in [-0.25, -0.2) is 13.2 Å². The Morgan fingerprint density at radius 3 is 2.65 bits per heavy atom. The van der Waals surface area contributed by atoms with Crippen molar-refractivity contribution in [2.24, 2.45) is 5.92 Å². The SMILES string of the molecule is O=C(NCC1CCS(=O)(=O)C1)N1CCOCC1. The monoisotopic (exact) mass is 262 g/mol. The van der Waals surface area contributed by atoms with Crippen LogP contribution in [0.1, 0.15) is 6.42 Å². The van der Waals surface area contributed by atoms with E-state index in [2.05, 4.69) is 5.32 Å². The topological polar surface area (TPSA) is 75.7 Å². The molecule has 2 aliphatic heterocycles. The molecule has 0 radical (unpaired) electrons. The highest BCUT2D eigenvalue weighted by Crippen LogP contribution is 2.17. The van der Waals surface area contributed by atoms with Crippen molar-refractivity contribution >= 4 is 15.9 Å². The van der Waals surface area contributed by atoms with E-state index < -0.39 is 9.84 Å². The predicted octanol–water partition coefficient (Wildman–Crippen LogP) is -0.537. The minimum Gasteiger partial charge on any atom is -0.378 e. The Labute approximate surface area is 101 Å². The number of morpholine rings is 1. The molecule has 1 unspecified atom stereocenters. The van der Waals surface area contributed by atoms with E-state index in [0.29, 0.717) is 39.3 Å². The van der Waals surface area contributed by atoms with Gasteiger partial charge in [-0.2, -0.15) is 0 Å². The van der Waals surface area contributed by atoms with Crippen molar-refractivity contribution in [3.63, 3.8) is 0 Å². The maximum Gasteiger partial charge on any atom is 0.317 e. The summed E-state index contributed by atoms with van der Waals surface area (Å²) in [5, 5.41) is 2.80. The number of rotatable bonds is 2. The van der Waals surface area contributed by atoms with Crippen LogP contribution in [0.3, 0.4) is 0 Å². The molecule has 0 aliphatic carbocycles. The van der Waals surface area contributed by atoms with Crippen LogP contribution in [-0.2, 0) is 14.6 Å². The standard InChI is InChI=1S/C10H18N2O4S/c13-10(12-2-4-16-5-3-12)11-7-9-1-6-17(14,15)8-9/h9H,1-8H2,(H,11,13). The molecule has 1 N–H and O–H groups in total. The molecular formula is C10H18N2O4S. The molecule has 0 aromatic heterocycles. The van der Waals surface area contributed by atoms with Crippen LogP contribution in [0.25, 0.3) is 0 Å². The number of carbonyl (C=O) groups is 1. The fourth-order valence-corrected chi connectivity index (χ4v) is 4.00. The van der Waals surface area contributed by atoms with Crippen molar-refractivity contribution in [1.29, 1.82) is 0 Å². The van der Waals surface area contributed by atoms with Gasteiger partial charge in [-0.15, -0.1) is 0 Å². The molecule has 0 aromatic carbocycles. The minimum absolute atomic E-state index is 0.0741. The molecular weight excluding hydrogens is 244 g/mol. The van der Waals surface area contributed by atoms with Gasteiger partial charge < -0.3 is 15.0 Å². The molecule has 98 valence electrons. The third kappa shape index (κ3) is 3.57. The summed E-state index contributed by atoms with van der Waals surface area (Å²) in [6.07, 6.45) is 0.658. The molecule has 0 saturated carbocycles. The molecule has 6 nitrogen and oxygen atoms in total. The largest absolute Gasteiger partial charge is 0.378 e. The number of carbonyl (C=O) groups excluding carboxylic acids is 1. The van der Waals surface area contributed by atoms with Crippen molar-refractivity contribution in [1.82, 2.24) is 10.2 Å². The average molecular weight is 262 g/mol. The maximum atomic E-state index is 11.7. The van der Waals surface area contributed by atoms with E-state index in [0.717, 1.165) is 0 Å². The highest BCUT2D eigenvalue weighted by molar-refractivity contribution is 7.91. The first-order valence-electron chi connectivity index (χ1n) is 5.88. The molecule has 2 saturated heterocycles. The summed E-state index contributed by atoms with van der Waals surface area (Å²) in [6.45, 7) is 2.81. The van der Waals surface area contributed by atoms with Gasteiger partial charge in [0.25, 0.3) is 0 Å². The predicted molar refractivity (Wildman–Crippen MR) is 62.6 cm³/mol. The summed E-state index contributed by atoms with van der Waals surface area (Å²) in [5.41, 5.74) is 0. The Morgan fingerprint density at radius 2 is 2.06 bits per heavy atom. The van der Waals surface area contributed by atoms with Gasteiger partial charge in [0.15, 0.2) is 9.84 Å². The summed E-state index contributed by atoms with van der Waals surface area (Å²) in [6, 6.07) is -0.113. The Hall–Kier alpha value is -0.820. The molecule has 0 aromatic rings. The van der Waals surface area contributed by atoms with Crippen LogP contribution >= 0.6 is 0 Å². The second kappa shape index (κ2) is 5.22. The van der Waals surface area contributed by atoms with Crippen LogP contribution in [0.5, 0.6) is 0 Å². The molecule has 0 bridgehead atoms. The van der Waals surface area contributed by atoms with Crippen molar-refractivity contribution in [3.8, 4) is 0 Å². The third-order valence-electron chi connectivity index (χ3n) is 3.17. The van der Waals surface area contributed by atoms with Gasteiger partial charge in [0.05, 0.1) is 24.7 Å².